The van der Waals surface area contributed by atoms with Gasteiger partial charge < -0.3 is 0 Å². The number of fused-ring (bicyclic) bond motifs is 1. The molecule has 1 aromatic carbocycles. The summed E-state index contributed by atoms with van der Waals surface area (Å²) in [6.07, 6.45) is 3.83. The van der Waals surface area contributed by atoms with Crippen molar-refractivity contribution >= 4 is 15.9 Å². The number of sulfonamides is 1. The number of hydrogen-bond donors (Lipinski definition) is 1. The molecule has 2 aliphatic rings. The van der Waals surface area contributed by atoms with Gasteiger partial charge in [0.2, 0.25) is 15.9 Å². The van der Waals surface area contributed by atoms with E-state index in [1.54, 1.807) is 0 Å². The second-order valence-electron chi connectivity index (χ2n) is 6.60. The summed E-state index contributed by atoms with van der Waals surface area (Å²) < 4.78 is 25.0. The van der Waals surface area contributed by atoms with Crippen molar-refractivity contribution in [2.45, 2.75) is 25.8 Å². The Morgan fingerprint density at radius 2 is 2.09 bits per heavy atom. The van der Waals surface area contributed by atoms with Crippen molar-refractivity contribution in [2.24, 2.45) is 11.3 Å². The molecule has 1 aliphatic heterocycles. The predicted molar refractivity (Wildman–Crippen MR) is 84.5 cm³/mol. The Morgan fingerprint density at radius 1 is 1.36 bits per heavy atom. The van der Waals surface area contributed by atoms with Gasteiger partial charge in [0.25, 0.3) is 0 Å². The molecule has 2 atom stereocenters. The van der Waals surface area contributed by atoms with Crippen LogP contribution in [-0.2, 0) is 21.4 Å². The average Bonchev–Trinajstić information content (AvgIpc) is 2.95. The lowest BCUT2D eigenvalue weighted by Gasteiger charge is -2.27. The van der Waals surface area contributed by atoms with Crippen LogP contribution >= 0.6 is 0 Å². The van der Waals surface area contributed by atoms with E-state index >= 15 is 0 Å². The Bertz CT molecular complexity index is 659. The van der Waals surface area contributed by atoms with Crippen LogP contribution in [-0.4, -0.2) is 38.6 Å². The molecule has 0 bridgehead atoms. The number of carbonyl (C=O) groups excluding carboxylic acids is 1. The van der Waals surface area contributed by atoms with Crippen molar-refractivity contribution in [1.29, 1.82) is 0 Å². The van der Waals surface area contributed by atoms with Crippen LogP contribution in [0.1, 0.15) is 24.8 Å². The fourth-order valence-electron chi connectivity index (χ4n) is 4.00. The van der Waals surface area contributed by atoms with E-state index in [9.17, 15) is 13.2 Å². The quantitative estimate of drug-likeness (QED) is 0.909. The molecule has 22 heavy (non-hydrogen) atoms. The van der Waals surface area contributed by atoms with Crippen LogP contribution in [0.2, 0.25) is 0 Å². The van der Waals surface area contributed by atoms with Crippen molar-refractivity contribution in [1.82, 2.24) is 9.62 Å². The molecular formula is C16H22N2O3S. The van der Waals surface area contributed by atoms with Gasteiger partial charge in [-0.15, -0.1) is 0 Å². The van der Waals surface area contributed by atoms with Crippen molar-refractivity contribution in [2.75, 3.05) is 19.3 Å². The number of rotatable bonds is 4. The minimum absolute atomic E-state index is 0.262. The highest BCUT2D eigenvalue weighted by Crippen LogP contribution is 2.49. The molecule has 0 aromatic heterocycles. The first kappa shape index (κ1) is 15.5. The van der Waals surface area contributed by atoms with Gasteiger partial charge in [-0.1, -0.05) is 36.8 Å². The number of hydrogen-bond acceptors (Lipinski definition) is 4. The maximum absolute atomic E-state index is 12.5. The van der Waals surface area contributed by atoms with E-state index in [1.807, 2.05) is 18.2 Å². The van der Waals surface area contributed by atoms with Gasteiger partial charge in [-0.2, -0.15) is 0 Å². The third-order valence-corrected chi connectivity index (χ3v) is 5.48. The molecule has 1 saturated carbocycles. The molecule has 0 radical (unpaired) electrons. The topological polar surface area (TPSA) is 66.5 Å². The first-order valence-electron chi connectivity index (χ1n) is 7.68. The van der Waals surface area contributed by atoms with Crippen LogP contribution in [0, 0.1) is 11.3 Å². The number of nitrogens with zero attached hydrogens (tertiary/aromatic N) is 1. The van der Waals surface area contributed by atoms with Gasteiger partial charge in [0.05, 0.1) is 11.7 Å². The van der Waals surface area contributed by atoms with E-state index in [-0.39, 0.29) is 11.8 Å². The molecule has 120 valence electrons. The molecule has 1 aromatic rings. The zero-order valence-corrected chi connectivity index (χ0v) is 13.6. The molecule has 1 N–H and O–H groups in total. The summed E-state index contributed by atoms with van der Waals surface area (Å²) in [7, 11) is -3.50. The Balaban J connectivity index is 1.75. The molecular weight excluding hydrogens is 300 g/mol. The molecule has 1 saturated heterocycles. The molecule has 1 amide bonds. The fourth-order valence-corrected chi connectivity index (χ4v) is 4.54. The summed E-state index contributed by atoms with van der Waals surface area (Å²) in [6, 6.07) is 10.2. The van der Waals surface area contributed by atoms with Crippen LogP contribution < -0.4 is 4.72 Å². The van der Waals surface area contributed by atoms with Gasteiger partial charge in [0, 0.05) is 19.6 Å². The average molecular weight is 322 g/mol. The van der Waals surface area contributed by atoms with Gasteiger partial charge in [-0.3, -0.25) is 14.4 Å². The number of amides is 1. The van der Waals surface area contributed by atoms with E-state index in [2.05, 4.69) is 21.8 Å². The summed E-state index contributed by atoms with van der Waals surface area (Å²) in [5.74, 6) is -0.0500. The van der Waals surface area contributed by atoms with E-state index in [0.29, 0.717) is 6.54 Å². The Hall–Kier alpha value is -1.40. The number of benzene rings is 1. The third-order valence-electron chi connectivity index (χ3n) is 4.92. The molecule has 1 aliphatic carbocycles. The predicted octanol–water partition coefficient (Wildman–Crippen LogP) is 1.36. The Labute approximate surface area is 131 Å². The fraction of sp³-hybridized carbons (Fsp3) is 0.562. The number of nitrogens with one attached hydrogen (secondary N) is 1. The zero-order chi connectivity index (χ0) is 15.8. The summed E-state index contributed by atoms with van der Waals surface area (Å²) in [5, 5.41) is 0. The highest BCUT2D eigenvalue weighted by Gasteiger charge is 2.54. The lowest BCUT2D eigenvalue weighted by Crippen LogP contribution is -2.46. The van der Waals surface area contributed by atoms with Gasteiger partial charge >= 0.3 is 0 Å². The Morgan fingerprint density at radius 3 is 2.77 bits per heavy atom. The van der Waals surface area contributed by atoms with Gasteiger partial charge in [-0.05, 0) is 24.3 Å². The van der Waals surface area contributed by atoms with Crippen LogP contribution in [0.3, 0.4) is 0 Å². The smallest absolute Gasteiger partial charge is 0.241 e. The highest BCUT2D eigenvalue weighted by molar-refractivity contribution is 7.89. The van der Waals surface area contributed by atoms with Crippen LogP contribution in [0.25, 0.3) is 0 Å². The van der Waals surface area contributed by atoms with E-state index in [4.69, 9.17) is 0 Å². The summed E-state index contributed by atoms with van der Waals surface area (Å²) in [5.41, 5.74) is 0.693. The first-order valence-corrected chi connectivity index (χ1v) is 9.57. The summed E-state index contributed by atoms with van der Waals surface area (Å²) in [4.78, 5) is 14.8. The molecule has 5 nitrogen and oxygen atoms in total. The number of likely N-dealkylation sites (tertiary alicyclic amines) is 1. The lowest BCUT2D eigenvalue weighted by atomic mass is 9.80. The highest BCUT2D eigenvalue weighted by atomic mass is 32.2. The molecule has 3 rings (SSSR count). The molecule has 0 unspecified atom stereocenters. The maximum Gasteiger partial charge on any atom is 0.241 e. The second-order valence-corrected chi connectivity index (χ2v) is 8.35. The van der Waals surface area contributed by atoms with E-state index in [0.717, 1.165) is 38.6 Å². The number of carbonyl (C=O) groups is 1. The normalized spacial score (nSPS) is 28.5. The summed E-state index contributed by atoms with van der Waals surface area (Å²) in [6.45, 7) is 2.32. The van der Waals surface area contributed by atoms with Crippen molar-refractivity contribution in [3.8, 4) is 0 Å². The minimum Gasteiger partial charge on any atom is -0.298 e. The van der Waals surface area contributed by atoms with Crippen molar-refractivity contribution < 1.29 is 13.2 Å². The van der Waals surface area contributed by atoms with Gasteiger partial charge in [-0.25, -0.2) is 8.42 Å². The monoisotopic (exact) mass is 322 g/mol. The van der Waals surface area contributed by atoms with E-state index < -0.39 is 15.4 Å². The van der Waals surface area contributed by atoms with Crippen LogP contribution in [0.5, 0.6) is 0 Å². The van der Waals surface area contributed by atoms with Gasteiger partial charge in [0.1, 0.15) is 0 Å². The van der Waals surface area contributed by atoms with Crippen LogP contribution in [0.4, 0.5) is 0 Å². The van der Waals surface area contributed by atoms with Crippen LogP contribution in [0.15, 0.2) is 30.3 Å². The lowest BCUT2D eigenvalue weighted by molar-refractivity contribution is -0.129. The molecule has 2 fully saturated rings. The first-order chi connectivity index (χ1) is 10.4. The third kappa shape index (κ3) is 3.03. The van der Waals surface area contributed by atoms with Gasteiger partial charge in [0.15, 0.2) is 0 Å². The van der Waals surface area contributed by atoms with Crippen molar-refractivity contribution in [3.05, 3.63) is 35.9 Å². The zero-order valence-electron chi connectivity index (χ0n) is 12.8. The SMILES string of the molecule is CS(=O)(=O)NC(=O)[C@@]12CCC[C@@H]1CN(Cc1ccccc1)C2. The molecule has 0 spiro atoms. The minimum atomic E-state index is -3.50. The van der Waals surface area contributed by atoms with Crippen molar-refractivity contribution in [3.63, 3.8) is 0 Å². The van der Waals surface area contributed by atoms with E-state index in [1.165, 1.54) is 5.56 Å². The summed E-state index contributed by atoms with van der Waals surface area (Å²) >= 11 is 0. The standard InChI is InChI=1S/C16H22N2O3S/c1-22(20,21)17-15(19)16-9-5-8-14(16)11-18(12-16)10-13-6-3-2-4-7-13/h2-4,6-7,14H,5,8-12H2,1H3,(H,17,19)/t14-,16-/m1/s1. The Kier molecular flexibility index (Phi) is 3.99. The maximum atomic E-state index is 12.5. The molecule has 6 heteroatoms. The molecule has 1 heterocycles. The second kappa shape index (κ2) is 5.66. The largest absolute Gasteiger partial charge is 0.298 e.